The van der Waals surface area contributed by atoms with Gasteiger partial charge < -0.3 is 4.98 Å². The Labute approximate surface area is 137 Å². The second-order valence-corrected chi connectivity index (χ2v) is 5.87. The molecule has 0 bridgehead atoms. The molecule has 0 aliphatic heterocycles. The Balaban J connectivity index is 2.41. The molecule has 0 atom stereocenters. The summed E-state index contributed by atoms with van der Waals surface area (Å²) in [5, 5.41) is 9.15. The van der Waals surface area contributed by atoms with E-state index in [1.807, 2.05) is 28.7 Å². The summed E-state index contributed by atoms with van der Waals surface area (Å²) >= 11 is 7.13. The smallest absolute Gasteiger partial charge is 0.182 e. The van der Waals surface area contributed by atoms with Gasteiger partial charge in [-0.05, 0) is 59.1 Å². The summed E-state index contributed by atoms with van der Waals surface area (Å²) in [4.78, 5) is 2.96. The summed E-state index contributed by atoms with van der Waals surface area (Å²) in [5.74, 6) is -0.895. The molecular weight excluding hydrogens is 407 g/mol. The fraction of sp³-hybridized carbons (Fsp3) is 0. The average Bonchev–Trinajstić information content (AvgIpc) is 2.75. The molecule has 0 aliphatic carbocycles. The maximum absolute atomic E-state index is 13.8. The molecule has 0 aliphatic rings. The number of rotatable bonds is 1. The lowest BCUT2D eigenvalue weighted by Crippen LogP contribution is -1.99. The molecular formula is C14H6F2IN3S. The highest BCUT2D eigenvalue weighted by atomic mass is 127. The Morgan fingerprint density at radius 2 is 2.00 bits per heavy atom. The molecule has 0 spiro atoms. The summed E-state index contributed by atoms with van der Waals surface area (Å²) in [5.41, 5.74) is 1.70. The third kappa shape index (κ3) is 2.34. The number of hydrogen-bond donors (Lipinski definition) is 1. The first-order valence-corrected chi connectivity index (χ1v) is 7.30. The van der Waals surface area contributed by atoms with E-state index < -0.39 is 5.82 Å². The summed E-state index contributed by atoms with van der Waals surface area (Å²) in [6.07, 6.45) is 0. The number of nitriles is 1. The third-order valence-corrected chi connectivity index (χ3v) is 4.16. The summed E-state index contributed by atoms with van der Waals surface area (Å²) in [6.45, 7) is 0. The molecule has 0 saturated heterocycles. The largest absolute Gasteiger partial charge is 0.330 e. The minimum absolute atomic E-state index is 0.131. The Bertz CT molecular complexity index is 969. The van der Waals surface area contributed by atoms with Crippen LogP contribution in [0.1, 0.15) is 5.56 Å². The highest BCUT2D eigenvalue weighted by Gasteiger charge is 2.13. The van der Waals surface area contributed by atoms with Crippen molar-refractivity contribution in [3.05, 3.63) is 55.9 Å². The van der Waals surface area contributed by atoms with Gasteiger partial charge in [0.05, 0.1) is 25.9 Å². The zero-order chi connectivity index (χ0) is 15.1. The number of nitrogens with one attached hydrogen (secondary N) is 1. The number of H-pyrrole nitrogens is 1. The number of hydrogen-bond acceptors (Lipinski definition) is 2. The fourth-order valence-corrected chi connectivity index (χ4v) is 2.91. The van der Waals surface area contributed by atoms with Crippen LogP contribution in [-0.4, -0.2) is 9.55 Å². The van der Waals surface area contributed by atoms with E-state index in [4.69, 9.17) is 17.5 Å². The van der Waals surface area contributed by atoms with E-state index in [9.17, 15) is 8.78 Å². The van der Waals surface area contributed by atoms with Crippen molar-refractivity contribution in [1.29, 1.82) is 5.26 Å². The van der Waals surface area contributed by atoms with Crippen molar-refractivity contribution in [2.75, 3.05) is 0 Å². The van der Waals surface area contributed by atoms with Crippen molar-refractivity contribution in [3.8, 4) is 11.8 Å². The van der Waals surface area contributed by atoms with Crippen LogP contribution in [0.5, 0.6) is 0 Å². The molecule has 104 valence electrons. The van der Waals surface area contributed by atoms with E-state index in [2.05, 4.69) is 4.98 Å². The van der Waals surface area contributed by atoms with Gasteiger partial charge >= 0.3 is 0 Å². The lowest BCUT2D eigenvalue weighted by atomic mass is 10.2. The third-order valence-electron chi connectivity index (χ3n) is 3.04. The lowest BCUT2D eigenvalue weighted by molar-refractivity contribution is 0.621. The standard InChI is InChI=1S/C14H6F2IN3S/c15-8-1-2-12(7(3-8)6-18)20-13-4-9(16)10(17)5-11(13)19-14(20)21/h1-5H,(H,19,21). The lowest BCUT2D eigenvalue weighted by Gasteiger charge is -2.07. The number of imidazole rings is 1. The zero-order valence-electron chi connectivity index (χ0n) is 10.3. The zero-order valence-corrected chi connectivity index (χ0v) is 13.3. The molecule has 2 aromatic carbocycles. The monoisotopic (exact) mass is 413 g/mol. The first-order chi connectivity index (χ1) is 10.0. The molecule has 3 nitrogen and oxygen atoms in total. The van der Waals surface area contributed by atoms with E-state index >= 15 is 0 Å². The number of benzene rings is 2. The Hall–Kier alpha value is -1.79. The van der Waals surface area contributed by atoms with Crippen LogP contribution in [0.3, 0.4) is 0 Å². The van der Waals surface area contributed by atoms with Gasteiger partial charge in [-0.25, -0.2) is 8.78 Å². The van der Waals surface area contributed by atoms with Gasteiger partial charge in [-0.2, -0.15) is 5.26 Å². The Morgan fingerprint density at radius 3 is 2.71 bits per heavy atom. The summed E-state index contributed by atoms with van der Waals surface area (Å²) in [7, 11) is 0. The van der Waals surface area contributed by atoms with E-state index in [-0.39, 0.29) is 11.4 Å². The number of fused-ring (bicyclic) bond motifs is 1. The summed E-state index contributed by atoms with van der Waals surface area (Å²) in [6, 6.07) is 8.71. The van der Waals surface area contributed by atoms with Crippen molar-refractivity contribution >= 4 is 45.8 Å². The molecule has 3 rings (SSSR count). The van der Waals surface area contributed by atoms with Crippen LogP contribution in [-0.2, 0) is 0 Å². The first kappa shape index (κ1) is 14.2. The molecule has 1 N–H and O–H groups in total. The first-order valence-electron chi connectivity index (χ1n) is 5.81. The SMILES string of the molecule is N#Cc1cc(F)ccc1-n1c(=S)[nH]c2cc(I)c(F)cc21. The predicted molar refractivity (Wildman–Crippen MR) is 85.8 cm³/mol. The van der Waals surface area contributed by atoms with Crippen molar-refractivity contribution < 1.29 is 8.78 Å². The maximum Gasteiger partial charge on any atom is 0.182 e. The molecule has 0 fully saturated rings. The highest BCUT2D eigenvalue weighted by Crippen LogP contribution is 2.25. The molecule has 1 aromatic heterocycles. The van der Waals surface area contributed by atoms with Crippen molar-refractivity contribution in [2.45, 2.75) is 0 Å². The Morgan fingerprint density at radius 1 is 1.24 bits per heavy atom. The fourth-order valence-electron chi connectivity index (χ4n) is 2.13. The van der Waals surface area contributed by atoms with Gasteiger partial charge in [0.15, 0.2) is 4.77 Å². The van der Waals surface area contributed by atoms with Gasteiger partial charge in [0.2, 0.25) is 0 Å². The molecule has 3 aromatic rings. The average molecular weight is 413 g/mol. The number of aromatic amines is 1. The number of aromatic nitrogens is 2. The van der Waals surface area contributed by atoms with Gasteiger partial charge in [-0.15, -0.1) is 0 Å². The van der Waals surface area contributed by atoms with Crippen LogP contribution in [0, 0.1) is 31.3 Å². The van der Waals surface area contributed by atoms with Crippen LogP contribution in [0.4, 0.5) is 8.78 Å². The Kier molecular flexibility index (Phi) is 3.51. The van der Waals surface area contributed by atoms with Gasteiger partial charge in [-0.1, -0.05) is 0 Å². The molecule has 0 radical (unpaired) electrons. The van der Waals surface area contributed by atoms with Crippen LogP contribution in [0.15, 0.2) is 30.3 Å². The second kappa shape index (κ2) is 5.20. The minimum atomic E-state index is -0.512. The summed E-state index contributed by atoms with van der Waals surface area (Å²) < 4.78 is 29.4. The molecule has 7 heteroatoms. The molecule has 0 unspecified atom stereocenters. The van der Waals surface area contributed by atoms with Gasteiger partial charge in [0.1, 0.15) is 17.7 Å². The number of halogens is 3. The van der Waals surface area contributed by atoms with Crippen LogP contribution < -0.4 is 0 Å². The quantitative estimate of drug-likeness (QED) is 0.474. The highest BCUT2D eigenvalue weighted by molar-refractivity contribution is 14.1. The van der Waals surface area contributed by atoms with E-state index in [0.29, 0.717) is 25.1 Å². The van der Waals surface area contributed by atoms with E-state index in [1.165, 1.54) is 22.8 Å². The van der Waals surface area contributed by atoms with E-state index in [0.717, 1.165) is 6.07 Å². The molecule has 21 heavy (non-hydrogen) atoms. The normalized spacial score (nSPS) is 10.8. The van der Waals surface area contributed by atoms with Gasteiger partial charge in [0, 0.05) is 6.07 Å². The predicted octanol–water partition coefficient (Wildman–Crippen LogP) is 4.44. The topological polar surface area (TPSA) is 44.5 Å². The van der Waals surface area contributed by atoms with Crippen molar-refractivity contribution in [2.24, 2.45) is 0 Å². The van der Waals surface area contributed by atoms with Crippen molar-refractivity contribution in [1.82, 2.24) is 9.55 Å². The van der Waals surface area contributed by atoms with Gasteiger partial charge in [-0.3, -0.25) is 4.57 Å². The van der Waals surface area contributed by atoms with Gasteiger partial charge in [0.25, 0.3) is 0 Å². The number of nitrogens with zero attached hydrogens (tertiary/aromatic N) is 2. The second-order valence-electron chi connectivity index (χ2n) is 4.32. The van der Waals surface area contributed by atoms with Crippen molar-refractivity contribution in [3.63, 3.8) is 0 Å². The van der Waals surface area contributed by atoms with E-state index in [1.54, 1.807) is 6.07 Å². The molecule has 0 amide bonds. The minimum Gasteiger partial charge on any atom is -0.330 e. The van der Waals surface area contributed by atoms with Crippen LogP contribution in [0.2, 0.25) is 0 Å². The van der Waals surface area contributed by atoms with Crippen LogP contribution >= 0.6 is 34.8 Å². The molecule has 1 heterocycles. The van der Waals surface area contributed by atoms with Crippen LogP contribution in [0.25, 0.3) is 16.7 Å². The maximum atomic E-state index is 13.8. The molecule has 0 saturated carbocycles.